The van der Waals surface area contributed by atoms with Gasteiger partial charge in [0.25, 0.3) is 0 Å². The Balaban J connectivity index is 1.71. The van der Waals surface area contributed by atoms with Gasteiger partial charge in [0.15, 0.2) is 6.10 Å². The van der Waals surface area contributed by atoms with Crippen LogP contribution in [-0.4, -0.2) is 11.1 Å². The summed E-state index contributed by atoms with van der Waals surface area (Å²) >= 11 is 0. The first-order valence-electron chi connectivity index (χ1n) is 7.86. The second-order valence-electron chi connectivity index (χ2n) is 5.67. The quantitative estimate of drug-likeness (QED) is 0.785. The number of hydrogen-bond donors (Lipinski definition) is 1. The molecule has 0 bridgehead atoms. The number of alkyl carbamates (subject to hydrolysis) is 1. The Kier molecular flexibility index (Phi) is 3.71. The van der Waals surface area contributed by atoms with Gasteiger partial charge in [0, 0.05) is 5.56 Å². The minimum absolute atomic E-state index is 0.302. The Morgan fingerprint density at radius 3 is 2.29 bits per heavy atom. The zero-order valence-corrected chi connectivity index (χ0v) is 12.9. The molecular weight excluding hydrogens is 300 g/mol. The Hall–Kier alpha value is -3.14. The molecule has 4 rings (SSSR count). The van der Waals surface area contributed by atoms with Crippen molar-refractivity contribution >= 4 is 6.09 Å². The van der Waals surface area contributed by atoms with Crippen molar-refractivity contribution in [2.24, 2.45) is 0 Å². The Morgan fingerprint density at radius 1 is 0.833 bits per heavy atom. The van der Waals surface area contributed by atoms with E-state index in [2.05, 4.69) is 5.32 Å². The summed E-state index contributed by atoms with van der Waals surface area (Å²) in [5.74, 6) is 0. The average molecular weight is 316 g/mol. The van der Waals surface area contributed by atoms with Gasteiger partial charge in [-0.05, 0) is 17.7 Å². The van der Waals surface area contributed by atoms with Crippen LogP contribution in [-0.2, 0) is 4.74 Å². The van der Waals surface area contributed by atoms with E-state index in [1.807, 2.05) is 78.9 Å². The zero-order valence-electron chi connectivity index (χ0n) is 12.9. The van der Waals surface area contributed by atoms with Crippen LogP contribution in [0.15, 0.2) is 78.9 Å². The van der Waals surface area contributed by atoms with Crippen LogP contribution in [0.25, 0.3) is 11.3 Å². The number of cyclic esters (lactones) is 1. The molecule has 0 radical (unpaired) electrons. The van der Waals surface area contributed by atoms with Crippen molar-refractivity contribution in [1.29, 1.82) is 0 Å². The maximum atomic E-state index is 11.8. The van der Waals surface area contributed by atoms with Crippen molar-refractivity contribution in [1.82, 2.24) is 10.3 Å². The van der Waals surface area contributed by atoms with Crippen molar-refractivity contribution in [3.8, 4) is 11.3 Å². The highest BCUT2D eigenvalue weighted by Gasteiger charge is 2.37. The van der Waals surface area contributed by atoms with Gasteiger partial charge in [-0.1, -0.05) is 66.7 Å². The van der Waals surface area contributed by atoms with Crippen molar-refractivity contribution in [3.05, 3.63) is 90.1 Å². The molecule has 1 fully saturated rings. The smallest absolute Gasteiger partial charge is 0.408 e. The molecule has 1 aromatic heterocycles. The van der Waals surface area contributed by atoms with E-state index in [0.29, 0.717) is 0 Å². The summed E-state index contributed by atoms with van der Waals surface area (Å²) in [7, 11) is 0. The predicted molar refractivity (Wildman–Crippen MR) is 91.2 cm³/mol. The van der Waals surface area contributed by atoms with Gasteiger partial charge in [0.1, 0.15) is 6.04 Å². The number of carbonyl (C=O) groups is 1. The van der Waals surface area contributed by atoms with Crippen molar-refractivity contribution in [2.75, 3.05) is 0 Å². The van der Waals surface area contributed by atoms with E-state index in [1.165, 1.54) is 0 Å². The number of rotatable bonds is 3. The summed E-state index contributed by atoms with van der Waals surface area (Å²) in [6, 6.07) is 25.2. The molecule has 2 aromatic carbocycles. The first-order valence-corrected chi connectivity index (χ1v) is 7.86. The summed E-state index contributed by atoms with van der Waals surface area (Å²) < 4.78 is 5.47. The third kappa shape index (κ3) is 2.74. The van der Waals surface area contributed by atoms with Crippen molar-refractivity contribution < 1.29 is 9.53 Å². The van der Waals surface area contributed by atoms with Gasteiger partial charge in [-0.3, -0.25) is 4.98 Å². The van der Waals surface area contributed by atoms with E-state index in [1.54, 1.807) is 0 Å². The van der Waals surface area contributed by atoms with Crippen LogP contribution in [0.2, 0.25) is 0 Å². The number of ether oxygens (including phenoxy) is 1. The Morgan fingerprint density at radius 2 is 1.54 bits per heavy atom. The SMILES string of the molecule is O=C1N[C@@H](c2cccc(-c3ccccc3)n2)[C@H](c2ccccc2)O1. The molecule has 3 aromatic rings. The van der Waals surface area contributed by atoms with E-state index < -0.39 is 6.09 Å². The Bertz CT molecular complexity index is 850. The summed E-state index contributed by atoms with van der Waals surface area (Å²) in [5, 5.41) is 2.87. The van der Waals surface area contributed by atoms with Crippen LogP contribution >= 0.6 is 0 Å². The third-order valence-corrected chi connectivity index (χ3v) is 4.10. The molecule has 0 unspecified atom stereocenters. The number of pyridine rings is 1. The fourth-order valence-electron chi connectivity index (χ4n) is 2.95. The van der Waals surface area contributed by atoms with Crippen LogP contribution in [0.3, 0.4) is 0 Å². The number of amides is 1. The molecule has 4 heteroatoms. The molecule has 2 heterocycles. The monoisotopic (exact) mass is 316 g/mol. The van der Waals surface area contributed by atoms with Crippen molar-refractivity contribution in [3.63, 3.8) is 0 Å². The van der Waals surface area contributed by atoms with Crippen LogP contribution in [0.1, 0.15) is 23.4 Å². The summed E-state index contributed by atoms with van der Waals surface area (Å²) in [6.45, 7) is 0. The molecule has 1 N–H and O–H groups in total. The highest BCUT2D eigenvalue weighted by Crippen LogP contribution is 2.36. The largest absolute Gasteiger partial charge is 0.439 e. The number of nitrogens with one attached hydrogen (secondary N) is 1. The Labute approximate surface area is 140 Å². The normalized spacial score (nSPS) is 19.6. The van der Waals surface area contributed by atoms with Gasteiger partial charge in [0.2, 0.25) is 0 Å². The third-order valence-electron chi connectivity index (χ3n) is 4.10. The predicted octanol–water partition coefficient (Wildman–Crippen LogP) is 4.27. The summed E-state index contributed by atoms with van der Waals surface area (Å²) in [6.07, 6.45) is -0.794. The van der Waals surface area contributed by atoms with Crippen LogP contribution in [0.5, 0.6) is 0 Å². The molecule has 0 spiro atoms. The van der Waals surface area contributed by atoms with E-state index in [9.17, 15) is 4.79 Å². The molecule has 4 nitrogen and oxygen atoms in total. The van der Waals surface area contributed by atoms with Crippen LogP contribution < -0.4 is 5.32 Å². The molecule has 1 amide bonds. The van der Waals surface area contributed by atoms with Gasteiger partial charge in [-0.2, -0.15) is 0 Å². The fraction of sp³-hybridized carbons (Fsp3) is 0.100. The van der Waals surface area contributed by atoms with Gasteiger partial charge in [-0.15, -0.1) is 0 Å². The number of carbonyl (C=O) groups excluding carboxylic acids is 1. The van der Waals surface area contributed by atoms with Crippen LogP contribution in [0, 0.1) is 0 Å². The zero-order chi connectivity index (χ0) is 16.4. The summed E-state index contributed by atoms with van der Waals surface area (Å²) in [4.78, 5) is 16.5. The first kappa shape index (κ1) is 14.5. The molecule has 1 aliphatic rings. The lowest BCUT2D eigenvalue weighted by molar-refractivity contribution is 0.132. The van der Waals surface area contributed by atoms with Gasteiger partial charge < -0.3 is 10.1 Å². The topological polar surface area (TPSA) is 51.2 Å². The highest BCUT2D eigenvalue weighted by molar-refractivity contribution is 5.71. The van der Waals surface area contributed by atoms with Gasteiger partial charge in [-0.25, -0.2) is 4.79 Å². The molecule has 24 heavy (non-hydrogen) atoms. The number of nitrogens with zero attached hydrogens (tertiary/aromatic N) is 1. The maximum absolute atomic E-state index is 11.8. The number of benzene rings is 2. The van der Waals surface area contributed by atoms with E-state index in [4.69, 9.17) is 9.72 Å². The second-order valence-corrected chi connectivity index (χ2v) is 5.67. The van der Waals surface area contributed by atoms with Gasteiger partial charge >= 0.3 is 6.09 Å². The van der Waals surface area contributed by atoms with Crippen molar-refractivity contribution in [2.45, 2.75) is 12.1 Å². The minimum atomic E-state index is -0.416. The van der Waals surface area contributed by atoms with E-state index >= 15 is 0 Å². The molecule has 1 aliphatic heterocycles. The average Bonchev–Trinajstić information content (AvgIpc) is 3.05. The molecule has 118 valence electrons. The second kappa shape index (κ2) is 6.16. The molecule has 2 atom stereocenters. The lowest BCUT2D eigenvalue weighted by atomic mass is 9.99. The molecule has 1 saturated heterocycles. The van der Waals surface area contributed by atoms with Crippen LogP contribution in [0.4, 0.5) is 4.79 Å². The van der Waals surface area contributed by atoms with Gasteiger partial charge in [0.05, 0.1) is 11.4 Å². The standard InChI is InChI=1S/C20H16N2O2/c23-20-22-18(19(24-20)15-10-5-2-6-11-15)17-13-7-12-16(21-17)14-8-3-1-4-9-14/h1-13,18-19H,(H,22,23)/t18-,19-/m0/s1. The summed E-state index contributed by atoms with van der Waals surface area (Å²) in [5.41, 5.74) is 3.66. The highest BCUT2D eigenvalue weighted by atomic mass is 16.6. The van der Waals surface area contributed by atoms with E-state index in [0.717, 1.165) is 22.5 Å². The first-order chi connectivity index (χ1) is 11.8. The lowest BCUT2D eigenvalue weighted by Gasteiger charge is -2.17. The number of aromatic nitrogens is 1. The maximum Gasteiger partial charge on any atom is 0.408 e. The fourth-order valence-corrected chi connectivity index (χ4v) is 2.95. The van der Waals surface area contributed by atoms with E-state index in [-0.39, 0.29) is 12.1 Å². The molecular formula is C20H16N2O2. The lowest BCUT2D eigenvalue weighted by Crippen LogP contribution is -2.20. The molecule has 0 aliphatic carbocycles. The minimum Gasteiger partial charge on any atom is -0.439 e. The number of hydrogen-bond acceptors (Lipinski definition) is 3. The molecule has 0 saturated carbocycles.